The molecule has 0 aliphatic heterocycles. The van der Waals surface area contributed by atoms with Crippen molar-refractivity contribution < 1.29 is 16.8 Å². The minimum atomic E-state index is -4.05. The highest BCUT2D eigenvalue weighted by Crippen LogP contribution is 2.27. The number of hydrogen-bond donors (Lipinski definition) is 1. The molecule has 2 rings (SSSR count). The van der Waals surface area contributed by atoms with Crippen molar-refractivity contribution in [1.82, 2.24) is 0 Å². The second-order valence-corrected chi connectivity index (χ2v) is 8.99. The van der Waals surface area contributed by atoms with E-state index in [1.165, 1.54) is 24.3 Å². The summed E-state index contributed by atoms with van der Waals surface area (Å²) in [6, 6.07) is 9.60. The van der Waals surface area contributed by atoms with Crippen LogP contribution in [0.25, 0.3) is 0 Å². The van der Waals surface area contributed by atoms with Gasteiger partial charge in [0, 0.05) is 11.3 Å². The molecule has 118 valence electrons. The molecule has 0 aliphatic carbocycles. The molecule has 2 aromatic carbocycles. The Kier molecular flexibility index (Phi) is 4.72. The Morgan fingerprint density at radius 1 is 0.955 bits per heavy atom. The van der Waals surface area contributed by atoms with Crippen LogP contribution in [-0.4, -0.2) is 23.1 Å². The molecule has 0 atom stereocenters. The van der Waals surface area contributed by atoms with Crippen molar-refractivity contribution in [2.45, 2.75) is 9.79 Å². The minimum absolute atomic E-state index is 0.0815. The van der Waals surface area contributed by atoms with Crippen LogP contribution < -0.4 is 4.72 Å². The van der Waals surface area contributed by atoms with Crippen LogP contribution in [0, 0.1) is 0 Å². The number of nitrogens with one attached hydrogen (secondary N) is 1. The van der Waals surface area contributed by atoms with Gasteiger partial charge in [-0.25, -0.2) is 16.8 Å². The van der Waals surface area contributed by atoms with E-state index >= 15 is 0 Å². The van der Waals surface area contributed by atoms with Crippen molar-refractivity contribution >= 4 is 48.7 Å². The third-order valence-electron chi connectivity index (χ3n) is 2.70. The lowest BCUT2D eigenvalue weighted by Gasteiger charge is -2.11. The Morgan fingerprint density at radius 2 is 1.64 bits per heavy atom. The number of benzene rings is 2. The lowest BCUT2D eigenvalue weighted by atomic mass is 10.3. The van der Waals surface area contributed by atoms with Crippen LogP contribution in [0.3, 0.4) is 0 Å². The van der Waals surface area contributed by atoms with E-state index < -0.39 is 19.9 Å². The molecule has 0 spiro atoms. The Balaban J connectivity index is 2.50. The lowest BCUT2D eigenvalue weighted by Crippen LogP contribution is -2.14. The average Bonchev–Trinajstić information content (AvgIpc) is 2.36. The predicted octanol–water partition coefficient (Wildman–Crippen LogP) is 3.20. The summed E-state index contributed by atoms with van der Waals surface area (Å²) in [6.07, 6.45) is 0.983. The molecule has 0 amide bonds. The molecule has 0 aliphatic rings. The molecule has 0 radical (unpaired) electrons. The molecule has 0 unspecified atom stereocenters. The molecular formula is C13H11Cl2NO4S2. The van der Waals surface area contributed by atoms with Crippen molar-refractivity contribution in [2.75, 3.05) is 11.0 Å². The van der Waals surface area contributed by atoms with Gasteiger partial charge in [-0.3, -0.25) is 4.72 Å². The molecule has 22 heavy (non-hydrogen) atoms. The van der Waals surface area contributed by atoms with Gasteiger partial charge in [0.25, 0.3) is 10.0 Å². The van der Waals surface area contributed by atoms with Crippen LogP contribution in [0.5, 0.6) is 0 Å². The largest absolute Gasteiger partial charge is 0.280 e. The summed E-state index contributed by atoms with van der Waals surface area (Å²) in [6.45, 7) is 0. The molecule has 0 saturated heterocycles. The summed E-state index contributed by atoms with van der Waals surface area (Å²) >= 11 is 11.7. The molecule has 0 heterocycles. The molecule has 5 nitrogen and oxygen atoms in total. The number of halogens is 2. The zero-order valence-corrected chi connectivity index (χ0v) is 14.4. The molecule has 0 aromatic heterocycles. The fraction of sp³-hybridized carbons (Fsp3) is 0.0769. The van der Waals surface area contributed by atoms with Crippen molar-refractivity contribution in [1.29, 1.82) is 0 Å². The monoisotopic (exact) mass is 379 g/mol. The van der Waals surface area contributed by atoms with Crippen LogP contribution in [0.4, 0.5) is 5.69 Å². The number of rotatable bonds is 4. The van der Waals surface area contributed by atoms with E-state index in [0.29, 0.717) is 5.02 Å². The van der Waals surface area contributed by atoms with Crippen LogP contribution in [0.1, 0.15) is 0 Å². The topological polar surface area (TPSA) is 80.3 Å². The van der Waals surface area contributed by atoms with Crippen LogP contribution in [-0.2, 0) is 19.9 Å². The maximum atomic E-state index is 12.4. The standard InChI is InChI=1S/C13H11Cl2NO4S2/c1-21(17,18)11-5-6-12(15)13(8-11)22(19,20)16-10-4-2-3-9(14)7-10/h2-8,16H,1H3. The molecule has 9 heteroatoms. The van der Waals surface area contributed by atoms with Gasteiger partial charge < -0.3 is 0 Å². The first-order valence-electron chi connectivity index (χ1n) is 5.87. The molecule has 0 fully saturated rings. The normalized spacial score (nSPS) is 12.1. The van der Waals surface area contributed by atoms with Gasteiger partial charge in [0.05, 0.1) is 15.6 Å². The Morgan fingerprint density at radius 3 is 2.23 bits per heavy atom. The number of anilines is 1. The summed E-state index contributed by atoms with van der Waals surface area (Å²) in [7, 11) is -7.60. The maximum absolute atomic E-state index is 12.4. The second-order valence-electron chi connectivity index (χ2n) is 4.48. The molecule has 2 aromatic rings. The molecule has 0 bridgehead atoms. The highest BCUT2D eigenvalue weighted by atomic mass is 35.5. The summed E-state index contributed by atoms with van der Waals surface area (Å²) in [4.78, 5) is -0.458. The van der Waals surface area contributed by atoms with Crippen molar-refractivity contribution in [3.05, 3.63) is 52.5 Å². The quantitative estimate of drug-likeness (QED) is 0.884. The fourth-order valence-corrected chi connectivity index (χ4v) is 4.17. The maximum Gasteiger partial charge on any atom is 0.263 e. The average molecular weight is 380 g/mol. The highest BCUT2D eigenvalue weighted by Gasteiger charge is 2.21. The van der Waals surface area contributed by atoms with Crippen LogP contribution in [0.15, 0.2) is 52.3 Å². The fourth-order valence-electron chi connectivity index (χ4n) is 1.68. The highest BCUT2D eigenvalue weighted by molar-refractivity contribution is 7.93. The number of sulfone groups is 1. The van der Waals surface area contributed by atoms with Crippen molar-refractivity contribution in [2.24, 2.45) is 0 Å². The Labute approximate surface area is 138 Å². The number of hydrogen-bond acceptors (Lipinski definition) is 4. The van der Waals surface area contributed by atoms with E-state index in [9.17, 15) is 16.8 Å². The van der Waals surface area contributed by atoms with E-state index in [0.717, 1.165) is 12.3 Å². The Hall–Kier alpha value is -1.28. The van der Waals surface area contributed by atoms with Crippen molar-refractivity contribution in [3.8, 4) is 0 Å². The molecular weight excluding hydrogens is 369 g/mol. The Bertz CT molecular complexity index is 925. The van der Waals surface area contributed by atoms with E-state index in [-0.39, 0.29) is 20.5 Å². The molecule has 1 N–H and O–H groups in total. The van der Waals surface area contributed by atoms with Gasteiger partial charge in [-0.05, 0) is 36.4 Å². The zero-order valence-electron chi connectivity index (χ0n) is 11.2. The zero-order chi connectivity index (χ0) is 16.5. The number of sulfonamides is 1. The molecule has 0 saturated carbocycles. The summed E-state index contributed by atoms with van der Waals surface area (Å²) in [5.74, 6) is 0. The summed E-state index contributed by atoms with van der Waals surface area (Å²) in [5.41, 5.74) is 0.244. The van der Waals surface area contributed by atoms with Crippen LogP contribution in [0.2, 0.25) is 10.0 Å². The SMILES string of the molecule is CS(=O)(=O)c1ccc(Cl)c(S(=O)(=O)Nc2cccc(Cl)c2)c1. The van der Waals surface area contributed by atoms with Gasteiger partial charge in [0.2, 0.25) is 0 Å². The van der Waals surface area contributed by atoms with Gasteiger partial charge in [0.1, 0.15) is 4.90 Å². The van der Waals surface area contributed by atoms with Gasteiger partial charge in [0.15, 0.2) is 9.84 Å². The van der Waals surface area contributed by atoms with E-state index in [1.54, 1.807) is 12.1 Å². The van der Waals surface area contributed by atoms with Crippen molar-refractivity contribution in [3.63, 3.8) is 0 Å². The first-order chi connectivity index (χ1) is 10.1. The third kappa shape index (κ3) is 3.92. The first kappa shape index (κ1) is 17.1. The smallest absolute Gasteiger partial charge is 0.263 e. The van der Waals surface area contributed by atoms with Gasteiger partial charge in [-0.1, -0.05) is 29.3 Å². The van der Waals surface area contributed by atoms with Gasteiger partial charge in [-0.15, -0.1) is 0 Å². The van der Waals surface area contributed by atoms with Gasteiger partial charge >= 0.3 is 0 Å². The van der Waals surface area contributed by atoms with E-state index in [1.807, 2.05) is 0 Å². The van der Waals surface area contributed by atoms with Gasteiger partial charge in [-0.2, -0.15) is 0 Å². The minimum Gasteiger partial charge on any atom is -0.280 e. The lowest BCUT2D eigenvalue weighted by molar-refractivity contribution is 0.600. The first-order valence-corrected chi connectivity index (χ1v) is 10.0. The summed E-state index contributed by atoms with van der Waals surface area (Å²) in [5, 5.41) is 0.276. The summed E-state index contributed by atoms with van der Waals surface area (Å²) < 4.78 is 50.2. The van der Waals surface area contributed by atoms with Crippen LogP contribution >= 0.6 is 23.2 Å². The predicted molar refractivity (Wildman–Crippen MR) is 86.8 cm³/mol. The third-order valence-corrected chi connectivity index (χ3v) is 5.91. The van der Waals surface area contributed by atoms with E-state index in [2.05, 4.69) is 4.72 Å². The van der Waals surface area contributed by atoms with E-state index in [4.69, 9.17) is 23.2 Å². The second kappa shape index (κ2) is 6.08.